The Labute approximate surface area is 255 Å². The highest BCUT2D eigenvalue weighted by Gasteiger charge is 2.45. The number of carbonyl (C=O) groups excluding carboxylic acids is 2. The lowest BCUT2D eigenvalue weighted by molar-refractivity contribution is 0.0531. The van der Waals surface area contributed by atoms with Crippen LogP contribution in [0.5, 0.6) is 11.5 Å². The van der Waals surface area contributed by atoms with Crippen LogP contribution in [0.15, 0.2) is 50.1 Å². The molecule has 0 saturated carbocycles. The number of unbranched alkanes of at least 4 members (excludes halogenated alkanes) is 3. The van der Waals surface area contributed by atoms with Crippen molar-refractivity contribution in [3.8, 4) is 11.5 Å². The SMILES string of the molecule is CCCCCCOc1ccc(C2c3c(oc4ccc(Br)cc4c3=O)C(=O)N2c2nc(C)c(C(=O)OCC)s2)cc1OC. The molecule has 1 aliphatic rings. The van der Waals surface area contributed by atoms with E-state index >= 15 is 0 Å². The Morgan fingerprint density at radius 3 is 2.64 bits per heavy atom. The summed E-state index contributed by atoms with van der Waals surface area (Å²) in [6, 6.07) is 9.53. The van der Waals surface area contributed by atoms with Crippen molar-refractivity contribution in [3.05, 3.63) is 78.6 Å². The third-order valence-corrected chi connectivity index (χ3v) is 8.67. The number of carbonyl (C=O) groups is 2. The molecule has 1 amide bonds. The third kappa shape index (κ3) is 5.55. The predicted octanol–water partition coefficient (Wildman–Crippen LogP) is 7.21. The average Bonchev–Trinajstić information content (AvgIpc) is 3.50. The maximum atomic E-state index is 14.0. The smallest absolute Gasteiger partial charge is 0.350 e. The van der Waals surface area contributed by atoms with Crippen LogP contribution in [0.3, 0.4) is 0 Å². The van der Waals surface area contributed by atoms with Crippen LogP contribution in [0.1, 0.15) is 82.6 Å². The fourth-order valence-corrected chi connectivity index (χ4v) is 6.36. The Morgan fingerprint density at radius 1 is 1.10 bits per heavy atom. The number of thiazole rings is 1. The van der Waals surface area contributed by atoms with Crippen LogP contribution in [0, 0.1) is 6.92 Å². The number of ether oxygens (including phenoxy) is 3. The topological polar surface area (TPSA) is 108 Å². The molecule has 2 aromatic carbocycles. The summed E-state index contributed by atoms with van der Waals surface area (Å²) in [4.78, 5) is 46.8. The van der Waals surface area contributed by atoms with Crippen LogP contribution < -0.4 is 19.8 Å². The summed E-state index contributed by atoms with van der Waals surface area (Å²) in [5, 5.41) is 0.584. The molecule has 220 valence electrons. The van der Waals surface area contributed by atoms with Crippen LogP contribution in [0.25, 0.3) is 11.0 Å². The molecule has 0 spiro atoms. The molecule has 3 heterocycles. The summed E-state index contributed by atoms with van der Waals surface area (Å²) in [5.74, 6) is -0.0828. The van der Waals surface area contributed by atoms with Gasteiger partial charge in [-0.25, -0.2) is 9.78 Å². The lowest BCUT2D eigenvalue weighted by Crippen LogP contribution is -2.29. The molecule has 0 N–H and O–H groups in total. The van der Waals surface area contributed by atoms with Crippen molar-refractivity contribution in [1.82, 2.24) is 4.98 Å². The van der Waals surface area contributed by atoms with E-state index in [1.54, 1.807) is 57.4 Å². The molecule has 2 aromatic heterocycles. The average molecular weight is 656 g/mol. The molecule has 1 aliphatic heterocycles. The Hall–Kier alpha value is -3.70. The lowest BCUT2D eigenvalue weighted by atomic mass is 9.98. The highest BCUT2D eigenvalue weighted by atomic mass is 79.9. The van der Waals surface area contributed by atoms with Crippen molar-refractivity contribution < 1.29 is 28.2 Å². The number of hydrogen-bond acceptors (Lipinski definition) is 9. The second-order valence-electron chi connectivity index (χ2n) is 9.84. The molecule has 9 nitrogen and oxygen atoms in total. The quantitative estimate of drug-likeness (QED) is 0.123. The van der Waals surface area contributed by atoms with E-state index in [0.717, 1.165) is 37.0 Å². The first kappa shape index (κ1) is 29.8. The van der Waals surface area contributed by atoms with Gasteiger partial charge in [0.05, 0.1) is 43.0 Å². The van der Waals surface area contributed by atoms with E-state index < -0.39 is 17.9 Å². The van der Waals surface area contributed by atoms with Gasteiger partial charge in [-0.3, -0.25) is 14.5 Å². The van der Waals surface area contributed by atoms with Gasteiger partial charge in [0.2, 0.25) is 5.76 Å². The van der Waals surface area contributed by atoms with E-state index in [0.29, 0.717) is 44.8 Å². The summed E-state index contributed by atoms with van der Waals surface area (Å²) in [6.07, 6.45) is 4.28. The summed E-state index contributed by atoms with van der Waals surface area (Å²) in [5.41, 5.74) is 1.18. The highest BCUT2D eigenvalue weighted by Crippen LogP contribution is 2.45. The van der Waals surface area contributed by atoms with Crippen molar-refractivity contribution in [3.63, 3.8) is 0 Å². The third-order valence-electron chi connectivity index (χ3n) is 7.04. The molecule has 4 aromatic rings. The minimum absolute atomic E-state index is 0.0689. The first-order chi connectivity index (χ1) is 20.3. The van der Waals surface area contributed by atoms with Crippen molar-refractivity contribution in [2.45, 2.75) is 52.5 Å². The molecule has 0 saturated heterocycles. The predicted molar refractivity (Wildman–Crippen MR) is 164 cm³/mol. The molecule has 0 fully saturated rings. The molecule has 1 unspecified atom stereocenters. The number of anilines is 1. The fourth-order valence-electron chi connectivity index (χ4n) is 5.01. The van der Waals surface area contributed by atoms with Gasteiger partial charge < -0.3 is 18.6 Å². The number of nitrogens with zero attached hydrogens (tertiary/aromatic N) is 2. The van der Waals surface area contributed by atoms with Gasteiger partial charge in [0.15, 0.2) is 22.1 Å². The second kappa shape index (κ2) is 12.7. The van der Waals surface area contributed by atoms with Crippen LogP contribution in [0.4, 0.5) is 5.13 Å². The van der Waals surface area contributed by atoms with E-state index in [2.05, 4.69) is 27.8 Å². The van der Waals surface area contributed by atoms with Gasteiger partial charge in [-0.15, -0.1) is 0 Å². The zero-order valence-corrected chi connectivity index (χ0v) is 26.2. The summed E-state index contributed by atoms with van der Waals surface area (Å²) >= 11 is 4.46. The molecule has 0 radical (unpaired) electrons. The maximum absolute atomic E-state index is 14.0. The molecule has 0 aliphatic carbocycles. The van der Waals surface area contributed by atoms with Gasteiger partial charge >= 0.3 is 5.97 Å². The number of benzene rings is 2. The molecule has 1 atom stereocenters. The maximum Gasteiger partial charge on any atom is 0.350 e. The standard InChI is InChI=1S/C31H31BrN2O7S/c1-5-7-8-9-14-40-22-12-10-18(15-23(22)38-4)25-24-26(35)20-16-19(32)11-13-21(20)41-27(24)29(36)34(25)31-33-17(3)28(42-31)30(37)39-6-2/h10-13,15-16,25H,5-9,14H2,1-4H3. The minimum atomic E-state index is -0.889. The molecule has 5 rings (SSSR count). The largest absolute Gasteiger partial charge is 0.493 e. The Morgan fingerprint density at radius 2 is 1.90 bits per heavy atom. The minimum Gasteiger partial charge on any atom is -0.493 e. The van der Waals surface area contributed by atoms with E-state index in [-0.39, 0.29) is 33.4 Å². The number of hydrogen-bond donors (Lipinski definition) is 0. The first-order valence-corrected chi connectivity index (χ1v) is 15.4. The van der Waals surface area contributed by atoms with Gasteiger partial charge in [-0.2, -0.15) is 0 Å². The highest BCUT2D eigenvalue weighted by molar-refractivity contribution is 9.10. The Balaban J connectivity index is 1.64. The molecule has 42 heavy (non-hydrogen) atoms. The zero-order valence-electron chi connectivity index (χ0n) is 23.8. The summed E-state index contributed by atoms with van der Waals surface area (Å²) in [6.45, 7) is 6.31. The van der Waals surface area contributed by atoms with Crippen LogP contribution in [0.2, 0.25) is 0 Å². The monoisotopic (exact) mass is 654 g/mol. The lowest BCUT2D eigenvalue weighted by Gasteiger charge is -2.23. The van der Waals surface area contributed by atoms with Crippen LogP contribution in [-0.2, 0) is 4.74 Å². The van der Waals surface area contributed by atoms with E-state index in [1.165, 1.54) is 4.90 Å². The van der Waals surface area contributed by atoms with Gasteiger partial charge in [0.25, 0.3) is 5.91 Å². The number of rotatable bonds is 11. The summed E-state index contributed by atoms with van der Waals surface area (Å²) < 4.78 is 23.6. The van der Waals surface area contributed by atoms with Crippen LogP contribution in [-0.4, -0.2) is 37.2 Å². The normalized spacial score (nSPS) is 14.4. The van der Waals surface area contributed by atoms with Crippen molar-refractivity contribution in [2.24, 2.45) is 0 Å². The number of amides is 1. The molecule has 11 heteroatoms. The Kier molecular flexibility index (Phi) is 8.98. The number of fused-ring (bicyclic) bond motifs is 2. The number of methoxy groups -OCH3 is 1. The zero-order chi connectivity index (χ0) is 30.0. The van der Waals surface area contributed by atoms with Gasteiger partial charge in [0, 0.05) is 4.47 Å². The summed E-state index contributed by atoms with van der Waals surface area (Å²) in [7, 11) is 1.55. The van der Waals surface area contributed by atoms with E-state index in [9.17, 15) is 14.4 Å². The number of halogens is 1. The fraction of sp³-hybridized carbons (Fsp3) is 0.355. The van der Waals surface area contributed by atoms with Crippen molar-refractivity contribution in [2.75, 3.05) is 25.2 Å². The number of aryl methyl sites for hydroxylation is 1. The van der Waals surface area contributed by atoms with Gasteiger partial charge in [-0.1, -0.05) is 59.5 Å². The van der Waals surface area contributed by atoms with Crippen LogP contribution >= 0.6 is 27.3 Å². The number of esters is 1. The molecule has 0 bridgehead atoms. The van der Waals surface area contributed by atoms with Gasteiger partial charge in [0.1, 0.15) is 10.5 Å². The van der Waals surface area contributed by atoms with E-state index in [4.69, 9.17) is 18.6 Å². The Bertz CT molecular complexity index is 1710. The first-order valence-electron chi connectivity index (χ1n) is 13.8. The van der Waals surface area contributed by atoms with Crippen molar-refractivity contribution >= 4 is 55.2 Å². The molecular weight excluding hydrogens is 624 g/mol. The van der Waals surface area contributed by atoms with E-state index in [1.807, 2.05) is 0 Å². The van der Waals surface area contributed by atoms with Crippen molar-refractivity contribution in [1.29, 1.82) is 0 Å². The molecular formula is C31H31BrN2O7S. The second-order valence-corrected chi connectivity index (χ2v) is 11.7. The number of aromatic nitrogens is 1. The van der Waals surface area contributed by atoms with Gasteiger partial charge in [-0.05, 0) is 56.2 Å².